The summed E-state index contributed by atoms with van der Waals surface area (Å²) >= 11 is 0. The number of benzene rings is 2. The summed E-state index contributed by atoms with van der Waals surface area (Å²) in [6.07, 6.45) is -2.12. The number of nitrogens with zero attached hydrogens (tertiary/aromatic N) is 3. The third kappa shape index (κ3) is 5.22. The highest BCUT2D eigenvalue weighted by Crippen LogP contribution is 2.29. The molecule has 0 spiro atoms. The lowest BCUT2D eigenvalue weighted by Gasteiger charge is -2.28. The normalized spacial score (nSPS) is 19.5. The minimum Gasteiger partial charge on any atom is -0.377 e. The largest absolute Gasteiger partial charge is 0.377 e. The molecule has 2 amide bonds. The van der Waals surface area contributed by atoms with Crippen LogP contribution in [0.5, 0.6) is 0 Å². The second-order valence-corrected chi connectivity index (χ2v) is 8.94. The summed E-state index contributed by atoms with van der Waals surface area (Å²) in [6, 6.07) is 12.0. The second-order valence-electron chi connectivity index (χ2n) is 8.94. The molecule has 1 aliphatic heterocycles. The van der Waals surface area contributed by atoms with Crippen molar-refractivity contribution in [1.29, 1.82) is 0 Å². The molecule has 0 bridgehead atoms. The standard InChI is InChI=1S/C25H27F2N5O3/c1-14(2)18-9-8-16(10-19(18)27)22(15-6-4-3-5-7-15)29-24(34)21-11-17(26)13-32(21)25(35)23(33)20-12-28-31-30-20/h3-10,12,14,17,21-23,33H,11,13H2,1-2H3,(H,29,34)(H,28,30,31). The van der Waals surface area contributed by atoms with Crippen LogP contribution in [0.2, 0.25) is 0 Å². The third-order valence-electron chi connectivity index (χ3n) is 6.20. The maximum absolute atomic E-state index is 14.8. The van der Waals surface area contributed by atoms with E-state index in [0.29, 0.717) is 16.7 Å². The highest BCUT2D eigenvalue weighted by Gasteiger charge is 2.42. The minimum absolute atomic E-state index is 0.00939. The Bertz CT molecular complexity index is 1170. The number of halogens is 2. The number of rotatable bonds is 7. The predicted molar refractivity (Wildman–Crippen MR) is 123 cm³/mol. The zero-order valence-electron chi connectivity index (χ0n) is 19.4. The molecule has 0 saturated carbocycles. The van der Waals surface area contributed by atoms with Crippen LogP contribution in [0.3, 0.4) is 0 Å². The zero-order valence-corrected chi connectivity index (χ0v) is 19.4. The van der Waals surface area contributed by atoms with Gasteiger partial charge in [-0.1, -0.05) is 61.5 Å². The van der Waals surface area contributed by atoms with Crippen LogP contribution in [0.1, 0.15) is 60.7 Å². The van der Waals surface area contributed by atoms with Crippen molar-refractivity contribution in [3.8, 4) is 0 Å². The number of nitrogens with one attached hydrogen (secondary N) is 2. The number of aromatic amines is 1. The molecule has 1 aromatic heterocycles. The van der Waals surface area contributed by atoms with Gasteiger partial charge < -0.3 is 15.3 Å². The number of likely N-dealkylation sites (tertiary alicyclic amines) is 1. The maximum Gasteiger partial charge on any atom is 0.258 e. The molecule has 0 radical (unpaired) electrons. The van der Waals surface area contributed by atoms with Crippen molar-refractivity contribution in [2.24, 2.45) is 0 Å². The van der Waals surface area contributed by atoms with Crippen molar-refractivity contribution < 1.29 is 23.5 Å². The molecule has 4 unspecified atom stereocenters. The molecule has 4 atom stereocenters. The van der Waals surface area contributed by atoms with Crippen LogP contribution in [-0.4, -0.2) is 56.0 Å². The number of hydrogen-bond donors (Lipinski definition) is 3. The van der Waals surface area contributed by atoms with E-state index < -0.39 is 36.2 Å². The fraction of sp³-hybridized carbons (Fsp3) is 0.360. The van der Waals surface area contributed by atoms with E-state index in [-0.39, 0.29) is 30.4 Å². The summed E-state index contributed by atoms with van der Waals surface area (Å²) in [5.74, 6) is -1.83. The lowest BCUT2D eigenvalue weighted by molar-refractivity contribution is -0.145. The van der Waals surface area contributed by atoms with Gasteiger partial charge in [-0.15, -0.1) is 5.10 Å². The van der Waals surface area contributed by atoms with Gasteiger partial charge in [-0.3, -0.25) is 14.7 Å². The predicted octanol–water partition coefficient (Wildman–Crippen LogP) is 2.95. The Labute approximate surface area is 201 Å². The molecule has 8 nitrogen and oxygen atoms in total. The molecule has 1 fully saturated rings. The molecule has 1 saturated heterocycles. The number of alkyl halides is 1. The number of carbonyl (C=O) groups is 2. The van der Waals surface area contributed by atoms with E-state index in [0.717, 1.165) is 4.90 Å². The molecule has 3 N–H and O–H groups in total. The highest BCUT2D eigenvalue weighted by molar-refractivity contribution is 5.90. The Hall–Kier alpha value is -3.66. The molecule has 35 heavy (non-hydrogen) atoms. The average Bonchev–Trinajstić information content (AvgIpc) is 3.52. The third-order valence-corrected chi connectivity index (χ3v) is 6.20. The molecule has 0 aliphatic carbocycles. The van der Waals surface area contributed by atoms with Gasteiger partial charge in [0.2, 0.25) is 5.91 Å². The van der Waals surface area contributed by atoms with Gasteiger partial charge in [0.1, 0.15) is 18.0 Å². The Kier molecular flexibility index (Phi) is 7.20. The summed E-state index contributed by atoms with van der Waals surface area (Å²) in [5.41, 5.74) is 1.82. The van der Waals surface area contributed by atoms with Crippen LogP contribution < -0.4 is 5.32 Å². The van der Waals surface area contributed by atoms with Crippen LogP contribution in [0.4, 0.5) is 8.78 Å². The summed E-state index contributed by atoms with van der Waals surface area (Å²) in [4.78, 5) is 27.3. The van der Waals surface area contributed by atoms with Crippen LogP contribution in [-0.2, 0) is 9.59 Å². The van der Waals surface area contributed by atoms with Gasteiger partial charge in [-0.25, -0.2) is 8.78 Å². The lowest BCUT2D eigenvalue weighted by atomic mass is 9.94. The van der Waals surface area contributed by atoms with Crippen LogP contribution in [0.25, 0.3) is 0 Å². The van der Waals surface area contributed by atoms with E-state index >= 15 is 0 Å². The van der Waals surface area contributed by atoms with E-state index in [1.807, 2.05) is 19.9 Å². The molecule has 1 aliphatic rings. The van der Waals surface area contributed by atoms with Crippen molar-refractivity contribution in [3.05, 3.63) is 82.9 Å². The van der Waals surface area contributed by atoms with E-state index in [2.05, 4.69) is 20.7 Å². The van der Waals surface area contributed by atoms with E-state index in [1.165, 1.54) is 12.3 Å². The molecule has 2 heterocycles. The number of aliphatic hydroxyl groups is 1. The van der Waals surface area contributed by atoms with Gasteiger partial charge in [-0.2, -0.15) is 0 Å². The highest BCUT2D eigenvalue weighted by atomic mass is 19.1. The van der Waals surface area contributed by atoms with Crippen molar-refractivity contribution in [2.75, 3.05) is 6.54 Å². The van der Waals surface area contributed by atoms with Gasteiger partial charge >= 0.3 is 0 Å². The van der Waals surface area contributed by atoms with E-state index in [9.17, 15) is 23.5 Å². The van der Waals surface area contributed by atoms with Gasteiger partial charge in [0.15, 0.2) is 6.10 Å². The molecule has 10 heteroatoms. The number of aromatic nitrogens is 3. The first kappa shape index (κ1) is 24.5. The van der Waals surface area contributed by atoms with Crippen molar-refractivity contribution in [3.63, 3.8) is 0 Å². The number of H-pyrrole nitrogens is 1. The Morgan fingerprint density at radius 1 is 1.17 bits per heavy atom. The number of carbonyl (C=O) groups excluding carboxylic acids is 2. The summed E-state index contributed by atoms with van der Waals surface area (Å²) in [6.45, 7) is 3.45. The molecular formula is C25H27F2N5O3. The number of amides is 2. The second kappa shape index (κ2) is 10.3. The molecular weight excluding hydrogens is 456 g/mol. The molecule has 4 rings (SSSR count). The first-order chi connectivity index (χ1) is 16.8. The fourth-order valence-corrected chi connectivity index (χ4v) is 4.34. The van der Waals surface area contributed by atoms with E-state index in [4.69, 9.17) is 0 Å². The molecule has 2 aromatic carbocycles. The summed E-state index contributed by atoms with van der Waals surface area (Å²) < 4.78 is 29.2. The van der Waals surface area contributed by atoms with Gasteiger partial charge in [0, 0.05) is 6.42 Å². The first-order valence-electron chi connectivity index (χ1n) is 11.4. The average molecular weight is 484 g/mol. The van der Waals surface area contributed by atoms with Gasteiger partial charge in [0.25, 0.3) is 5.91 Å². The number of hydrogen-bond acceptors (Lipinski definition) is 5. The lowest BCUT2D eigenvalue weighted by Crippen LogP contribution is -2.48. The SMILES string of the molecule is CC(C)c1ccc(C(NC(=O)C2CC(F)CN2C(=O)C(O)c2cnn[nH]2)c2ccccc2)cc1F. The Balaban J connectivity index is 1.61. The Morgan fingerprint density at radius 2 is 1.91 bits per heavy atom. The topological polar surface area (TPSA) is 111 Å². The smallest absolute Gasteiger partial charge is 0.258 e. The minimum atomic E-state index is -1.66. The Morgan fingerprint density at radius 3 is 2.54 bits per heavy atom. The molecule has 3 aromatic rings. The first-order valence-corrected chi connectivity index (χ1v) is 11.4. The van der Waals surface area contributed by atoms with Gasteiger partial charge in [0.05, 0.1) is 24.5 Å². The van der Waals surface area contributed by atoms with Crippen molar-refractivity contribution in [2.45, 2.75) is 50.5 Å². The van der Waals surface area contributed by atoms with Crippen molar-refractivity contribution in [1.82, 2.24) is 25.6 Å². The van der Waals surface area contributed by atoms with Crippen molar-refractivity contribution >= 4 is 11.8 Å². The van der Waals surface area contributed by atoms with E-state index in [1.54, 1.807) is 36.4 Å². The molecule has 184 valence electrons. The van der Waals surface area contributed by atoms with Crippen LogP contribution in [0, 0.1) is 5.82 Å². The summed E-state index contributed by atoms with van der Waals surface area (Å²) in [7, 11) is 0. The quantitative estimate of drug-likeness (QED) is 0.479. The zero-order chi connectivity index (χ0) is 25.1. The summed E-state index contributed by atoms with van der Waals surface area (Å²) in [5, 5.41) is 22.6. The van der Waals surface area contributed by atoms with Crippen LogP contribution >= 0.6 is 0 Å². The maximum atomic E-state index is 14.8. The number of aliphatic hydroxyl groups excluding tert-OH is 1. The fourth-order valence-electron chi connectivity index (χ4n) is 4.34. The van der Waals surface area contributed by atoms with Gasteiger partial charge in [-0.05, 0) is 28.7 Å². The monoisotopic (exact) mass is 483 g/mol. The van der Waals surface area contributed by atoms with Crippen LogP contribution in [0.15, 0.2) is 54.7 Å².